The van der Waals surface area contributed by atoms with Crippen LogP contribution in [-0.4, -0.2) is 38.8 Å². The largest absolute Gasteiger partial charge is 0.494 e. The van der Waals surface area contributed by atoms with Crippen LogP contribution in [0.1, 0.15) is 28.8 Å². The van der Waals surface area contributed by atoms with Crippen LogP contribution >= 0.6 is 15.9 Å². The molecule has 3 rings (SSSR count). The number of hydrogen-bond acceptors (Lipinski definition) is 4. The maximum absolute atomic E-state index is 13.8. The summed E-state index contributed by atoms with van der Waals surface area (Å²) >= 11 is 3.29. The Hall–Kier alpha value is -1.97. The van der Waals surface area contributed by atoms with Crippen molar-refractivity contribution in [2.75, 3.05) is 20.2 Å². The van der Waals surface area contributed by atoms with Crippen molar-refractivity contribution in [1.29, 1.82) is 0 Å². The predicted octanol–water partition coefficient (Wildman–Crippen LogP) is 3.31. The molecule has 2 aromatic carbocycles. The van der Waals surface area contributed by atoms with Crippen molar-refractivity contribution in [1.82, 2.24) is 9.62 Å². The Balaban J connectivity index is 1.77. The number of carbonyl (C=O) groups is 1. The van der Waals surface area contributed by atoms with Gasteiger partial charge in [-0.15, -0.1) is 0 Å². The van der Waals surface area contributed by atoms with Crippen molar-refractivity contribution in [2.45, 2.75) is 24.3 Å². The van der Waals surface area contributed by atoms with Gasteiger partial charge in [-0.05, 0) is 64.7 Å². The summed E-state index contributed by atoms with van der Waals surface area (Å²) in [5.41, 5.74) is 0.762. The summed E-state index contributed by atoms with van der Waals surface area (Å²) in [5.74, 6) is -0.853. The van der Waals surface area contributed by atoms with E-state index < -0.39 is 21.7 Å². The van der Waals surface area contributed by atoms with Gasteiger partial charge in [0.05, 0.1) is 17.6 Å². The van der Waals surface area contributed by atoms with E-state index in [2.05, 4.69) is 21.2 Å². The number of sulfonamides is 1. The number of halogens is 2. The van der Waals surface area contributed by atoms with E-state index in [1.807, 2.05) is 0 Å². The number of ether oxygens (including phenoxy) is 1. The second-order valence-corrected chi connectivity index (χ2v) is 9.20. The van der Waals surface area contributed by atoms with Gasteiger partial charge >= 0.3 is 0 Å². The molecule has 9 heteroatoms. The molecule has 2 aromatic rings. The summed E-state index contributed by atoms with van der Waals surface area (Å²) in [6.45, 7) is 1.07. The number of amides is 1. The number of nitrogens with zero attached hydrogens (tertiary/aromatic N) is 1. The maximum Gasteiger partial charge on any atom is 0.252 e. The van der Waals surface area contributed by atoms with Crippen molar-refractivity contribution in [3.05, 3.63) is 57.8 Å². The van der Waals surface area contributed by atoms with E-state index in [1.165, 1.54) is 35.7 Å². The van der Waals surface area contributed by atoms with Crippen LogP contribution in [-0.2, 0) is 16.6 Å². The second kappa shape index (κ2) is 8.59. The molecular weight excluding hydrogens is 451 g/mol. The second-order valence-electron chi connectivity index (χ2n) is 6.40. The van der Waals surface area contributed by atoms with Crippen molar-refractivity contribution < 1.29 is 22.3 Å². The molecule has 6 nitrogen and oxygen atoms in total. The highest BCUT2D eigenvalue weighted by molar-refractivity contribution is 9.10. The lowest BCUT2D eigenvalue weighted by molar-refractivity contribution is 0.0950. The van der Waals surface area contributed by atoms with Crippen LogP contribution < -0.4 is 10.1 Å². The zero-order valence-corrected chi connectivity index (χ0v) is 17.6. The molecule has 0 radical (unpaired) electrons. The van der Waals surface area contributed by atoms with Crippen LogP contribution in [0.5, 0.6) is 5.75 Å². The van der Waals surface area contributed by atoms with E-state index in [1.54, 1.807) is 12.1 Å². The van der Waals surface area contributed by atoms with Gasteiger partial charge in [0.25, 0.3) is 5.91 Å². The highest BCUT2D eigenvalue weighted by atomic mass is 79.9. The average Bonchev–Trinajstić information content (AvgIpc) is 3.22. The SMILES string of the molecule is COc1ccc(CNC(=O)c2cc(S(=O)(=O)N3CCCC3)ccc2Br)cc1F. The lowest BCUT2D eigenvalue weighted by atomic mass is 10.2. The van der Waals surface area contributed by atoms with Gasteiger partial charge in [0.2, 0.25) is 10.0 Å². The number of nitrogens with one attached hydrogen (secondary N) is 1. The smallest absolute Gasteiger partial charge is 0.252 e. The third kappa shape index (κ3) is 4.37. The first-order valence-corrected chi connectivity index (χ1v) is 11.0. The van der Waals surface area contributed by atoms with Crippen molar-refractivity contribution >= 4 is 31.9 Å². The minimum Gasteiger partial charge on any atom is -0.494 e. The van der Waals surface area contributed by atoms with E-state index in [9.17, 15) is 17.6 Å². The van der Waals surface area contributed by atoms with Crippen LogP contribution in [0.15, 0.2) is 45.8 Å². The van der Waals surface area contributed by atoms with Gasteiger partial charge < -0.3 is 10.1 Å². The number of rotatable bonds is 6. The zero-order chi connectivity index (χ0) is 20.3. The molecular formula is C19H20BrFN2O4S. The number of carbonyl (C=O) groups excluding carboxylic acids is 1. The molecule has 0 saturated carbocycles. The lowest BCUT2D eigenvalue weighted by Crippen LogP contribution is -2.28. The van der Waals surface area contributed by atoms with Gasteiger partial charge in [0.15, 0.2) is 11.6 Å². The molecule has 1 saturated heterocycles. The van der Waals surface area contributed by atoms with Gasteiger partial charge in [-0.3, -0.25) is 4.79 Å². The van der Waals surface area contributed by atoms with Gasteiger partial charge in [-0.2, -0.15) is 4.31 Å². The minimum absolute atomic E-state index is 0.0817. The number of hydrogen-bond donors (Lipinski definition) is 1. The molecule has 0 unspecified atom stereocenters. The van der Waals surface area contributed by atoms with Crippen LogP contribution in [0.25, 0.3) is 0 Å². The highest BCUT2D eigenvalue weighted by Gasteiger charge is 2.28. The zero-order valence-electron chi connectivity index (χ0n) is 15.2. The molecule has 1 N–H and O–H groups in total. The Morgan fingerprint density at radius 2 is 1.93 bits per heavy atom. The van der Waals surface area contributed by atoms with E-state index in [0.29, 0.717) is 23.1 Å². The Morgan fingerprint density at radius 1 is 1.21 bits per heavy atom. The molecule has 28 heavy (non-hydrogen) atoms. The monoisotopic (exact) mass is 470 g/mol. The molecule has 150 valence electrons. The summed E-state index contributed by atoms with van der Waals surface area (Å²) < 4.78 is 46.0. The highest BCUT2D eigenvalue weighted by Crippen LogP contribution is 2.26. The third-order valence-electron chi connectivity index (χ3n) is 4.55. The molecule has 0 aliphatic carbocycles. The molecule has 1 aliphatic heterocycles. The average molecular weight is 471 g/mol. The van der Waals surface area contributed by atoms with Crippen LogP contribution in [0.3, 0.4) is 0 Å². The third-order valence-corrected chi connectivity index (χ3v) is 7.14. The number of benzene rings is 2. The summed E-state index contributed by atoms with van der Waals surface area (Å²) in [5, 5.41) is 2.68. The molecule has 1 heterocycles. The number of methoxy groups -OCH3 is 1. The molecule has 0 atom stereocenters. The maximum atomic E-state index is 13.8. The summed E-state index contributed by atoms with van der Waals surface area (Å²) in [6, 6.07) is 8.80. The first-order chi connectivity index (χ1) is 13.3. The minimum atomic E-state index is -3.62. The summed E-state index contributed by atoms with van der Waals surface area (Å²) in [4.78, 5) is 12.7. The Labute approximate surface area is 171 Å². The molecule has 0 bridgehead atoms. The topological polar surface area (TPSA) is 75.7 Å². The van der Waals surface area contributed by atoms with Crippen LogP contribution in [0, 0.1) is 5.82 Å². The van der Waals surface area contributed by atoms with Crippen LogP contribution in [0.4, 0.5) is 4.39 Å². The summed E-state index contributed by atoms with van der Waals surface area (Å²) in [6.07, 6.45) is 1.67. The predicted molar refractivity (Wildman–Crippen MR) is 106 cm³/mol. The molecule has 1 amide bonds. The van der Waals surface area contributed by atoms with Gasteiger partial charge in [0, 0.05) is 24.1 Å². The van der Waals surface area contributed by atoms with Gasteiger partial charge in [-0.1, -0.05) is 6.07 Å². The van der Waals surface area contributed by atoms with E-state index >= 15 is 0 Å². The van der Waals surface area contributed by atoms with Gasteiger partial charge in [0.1, 0.15) is 0 Å². The van der Waals surface area contributed by atoms with E-state index in [4.69, 9.17) is 4.74 Å². The normalized spacial score (nSPS) is 14.8. The van der Waals surface area contributed by atoms with Crippen molar-refractivity contribution in [2.24, 2.45) is 0 Å². The Bertz CT molecular complexity index is 991. The molecule has 0 aromatic heterocycles. The first-order valence-electron chi connectivity index (χ1n) is 8.73. The molecule has 1 fully saturated rings. The standard InChI is InChI=1S/C19H20BrFN2O4S/c1-27-18-7-4-13(10-17(18)21)12-22-19(24)15-11-14(5-6-16(15)20)28(25,26)23-8-2-3-9-23/h4-7,10-11H,2-3,8-9,12H2,1H3,(H,22,24). The lowest BCUT2D eigenvalue weighted by Gasteiger charge is -2.16. The Morgan fingerprint density at radius 3 is 2.57 bits per heavy atom. The fourth-order valence-electron chi connectivity index (χ4n) is 3.01. The fourth-order valence-corrected chi connectivity index (χ4v) is 4.98. The van der Waals surface area contributed by atoms with Crippen molar-refractivity contribution in [3.63, 3.8) is 0 Å². The van der Waals surface area contributed by atoms with Crippen molar-refractivity contribution in [3.8, 4) is 5.75 Å². The first kappa shape index (κ1) is 20.8. The van der Waals surface area contributed by atoms with E-state index in [-0.39, 0.29) is 22.8 Å². The van der Waals surface area contributed by atoms with Gasteiger partial charge in [-0.25, -0.2) is 12.8 Å². The Kier molecular flexibility index (Phi) is 6.36. The fraction of sp³-hybridized carbons (Fsp3) is 0.316. The van der Waals surface area contributed by atoms with Crippen LogP contribution in [0.2, 0.25) is 0 Å². The quantitative estimate of drug-likeness (QED) is 0.702. The molecule has 1 aliphatic rings. The molecule has 0 spiro atoms. The summed E-state index contributed by atoms with van der Waals surface area (Å²) in [7, 11) is -2.25. The van der Waals surface area contributed by atoms with E-state index in [0.717, 1.165) is 12.8 Å².